The highest BCUT2D eigenvalue weighted by atomic mass is 79.9. The van der Waals surface area contributed by atoms with Crippen molar-refractivity contribution in [2.75, 3.05) is 5.75 Å². The molecule has 1 aromatic carbocycles. The van der Waals surface area contributed by atoms with Crippen LogP contribution >= 0.6 is 15.9 Å². The van der Waals surface area contributed by atoms with Crippen LogP contribution in [-0.2, 0) is 9.84 Å². The van der Waals surface area contributed by atoms with E-state index in [-0.39, 0.29) is 5.75 Å². The van der Waals surface area contributed by atoms with E-state index in [2.05, 4.69) is 15.9 Å². The number of Topliss-reactive ketones (excluding diaryl/α,β-unsaturated/α-hetero) is 1. The lowest BCUT2D eigenvalue weighted by Gasteiger charge is -2.20. The van der Waals surface area contributed by atoms with Gasteiger partial charge in [0.05, 0.1) is 0 Å². The summed E-state index contributed by atoms with van der Waals surface area (Å²) in [5.74, 6) is -0.511. The predicted molar refractivity (Wildman–Crippen MR) is 67.6 cm³/mol. The van der Waals surface area contributed by atoms with E-state index in [0.717, 1.165) is 0 Å². The van der Waals surface area contributed by atoms with E-state index < -0.39 is 19.3 Å². The van der Waals surface area contributed by atoms with Crippen molar-refractivity contribution in [3.63, 3.8) is 0 Å². The van der Waals surface area contributed by atoms with Crippen LogP contribution in [0.4, 0.5) is 0 Å². The second-order valence-corrected chi connectivity index (χ2v) is 8.25. The maximum atomic E-state index is 12.0. The molecular formula is C11H13BrO3S. The van der Waals surface area contributed by atoms with Crippen LogP contribution in [0.5, 0.6) is 0 Å². The molecule has 0 heterocycles. The molecule has 16 heavy (non-hydrogen) atoms. The van der Waals surface area contributed by atoms with E-state index in [0.29, 0.717) is 5.56 Å². The highest BCUT2D eigenvalue weighted by Gasteiger charge is 2.42. The lowest BCUT2D eigenvalue weighted by molar-refractivity contribution is 0.0983. The van der Waals surface area contributed by atoms with E-state index in [1.165, 1.54) is 13.8 Å². The van der Waals surface area contributed by atoms with Gasteiger partial charge in [0.1, 0.15) is 0 Å². The highest BCUT2D eigenvalue weighted by Crippen LogP contribution is 2.29. The summed E-state index contributed by atoms with van der Waals surface area (Å²) in [6, 6.07) is 8.39. The Kier molecular flexibility index (Phi) is 3.91. The van der Waals surface area contributed by atoms with Crippen LogP contribution in [0.3, 0.4) is 0 Å². The molecule has 0 aliphatic heterocycles. The minimum atomic E-state index is -3.48. The summed E-state index contributed by atoms with van der Waals surface area (Å²) in [6.45, 7) is 2.90. The van der Waals surface area contributed by atoms with E-state index in [9.17, 15) is 13.2 Å². The average molecular weight is 305 g/mol. The lowest BCUT2D eigenvalue weighted by atomic mass is 10.1. The zero-order valence-electron chi connectivity index (χ0n) is 9.10. The first-order chi connectivity index (χ1) is 7.33. The molecule has 0 unspecified atom stereocenters. The Labute approximate surface area is 104 Å². The third-order valence-corrected chi connectivity index (χ3v) is 6.36. The highest BCUT2D eigenvalue weighted by molar-refractivity contribution is 9.12. The Hall–Kier alpha value is -0.680. The fourth-order valence-electron chi connectivity index (χ4n) is 1.26. The van der Waals surface area contributed by atoms with Crippen molar-refractivity contribution in [2.24, 2.45) is 0 Å². The van der Waals surface area contributed by atoms with Crippen molar-refractivity contribution in [1.82, 2.24) is 0 Å². The van der Waals surface area contributed by atoms with Crippen LogP contribution in [0, 0.1) is 0 Å². The van der Waals surface area contributed by atoms with Crippen LogP contribution in [0.1, 0.15) is 24.2 Å². The van der Waals surface area contributed by atoms with Crippen molar-refractivity contribution in [3.05, 3.63) is 35.9 Å². The second-order valence-electron chi connectivity index (χ2n) is 3.52. The molecule has 0 radical (unpaired) electrons. The quantitative estimate of drug-likeness (QED) is 0.634. The minimum Gasteiger partial charge on any atom is -0.291 e. The first-order valence-corrected chi connectivity index (χ1v) is 7.28. The molecule has 0 bridgehead atoms. The van der Waals surface area contributed by atoms with Gasteiger partial charge in [0, 0.05) is 11.3 Å². The molecule has 0 amide bonds. The Balaban J connectivity index is 3.17. The van der Waals surface area contributed by atoms with Gasteiger partial charge < -0.3 is 0 Å². The number of carbonyl (C=O) groups excluding carboxylic acids is 1. The number of benzene rings is 1. The van der Waals surface area contributed by atoms with Gasteiger partial charge in [-0.2, -0.15) is 0 Å². The average Bonchev–Trinajstić information content (AvgIpc) is 2.29. The third-order valence-electron chi connectivity index (χ3n) is 2.41. The first-order valence-electron chi connectivity index (χ1n) is 4.84. The molecule has 0 saturated carbocycles. The van der Waals surface area contributed by atoms with Crippen molar-refractivity contribution < 1.29 is 13.2 Å². The lowest BCUT2D eigenvalue weighted by Crippen LogP contribution is -2.38. The van der Waals surface area contributed by atoms with Gasteiger partial charge in [-0.15, -0.1) is 0 Å². The van der Waals surface area contributed by atoms with Crippen molar-refractivity contribution in [3.8, 4) is 0 Å². The maximum absolute atomic E-state index is 12.0. The van der Waals surface area contributed by atoms with Crippen molar-refractivity contribution >= 4 is 31.6 Å². The van der Waals surface area contributed by atoms with Crippen LogP contribution < -0.4 is 0 Å². The molecule has 0 saturated heterocycles. The molecule has 0 fully saturated rings. The molecule has 0 spiro atoms. The van der Waals surface area contributed by atoms with Gasteiger partial charge in [0.15, 0.2) is 19.3 Å². The maximum Gasteiger partial charge on any atom is 0.194 e. The van der Waals surface area contributed by atoms with E-state index >= 15 is 0 Å². The van der Waals surface area contributed by atoms with Gasteiger partial charge in [-0.1, -0.05) is 53.2 Å². The molecule has 0 aromatic heterocycles. The zero-order valence-corrected chi connectivity index (χ0v) is 11.5. The molecule has 0 aliphatic carbocycles. The summed E-state index contributed by atoms with van der Waals surface area (Å²) in [5.41, 5.74) is 0.388. The smallest absolute Gasteiger partial charge is 0.194 e. The fraction of sp³-hybridized carbons (Fsp3) is 0.364. The van der Waals surface area contributed by atoms with Crippen molar-refractivity contribution in [2.45, 2.75) is 17.5 Å². The molecule has 88 valence electrons. The molecule has 1 aromatic rings. The summed E-state index contributed by atoms with van der Waals surface area (Å²) < 4.78 is 22.0. The van der Waals surface area contributed by atoms with Gasteiger partial charge in [-0.05, 0) is 6.92 Å². The number of hydrogen-bond acceptors (Lipinski definition) is 3. The summed E-state index contributed by atoms with van der Waals surface area (Å²) in [6.07, 6.45) is 0. The van der Waals surface area contributed by atoms with Crippen LogP contribution in [0.15, 0.2) is 30.3 Å². The Morgan fingerprint density at radius 1 is 1.31 bits per heavy atom. The fourth-order valence-corrected chi connectivity index (χ4v) is 3.12. The molecular weight excluding hydrogens is 292 g/mol. The summed E-state index contributed by atoms with van der Waals surface area (Å²) >= 11 is 3.03. The molecule has 5 heteroatoms. The monoisotopic (exact) mass is 304 g/mol. The topological polar surface area (TPSA) is 51.2 Å². The standard InChI is InChI=1S/C11H13BrO3S/c1-3-16(14,15)11(2,12)10(13)9-7-5-4-6-8-9/h4-8H,3H2,1-2H3/t11-/m0/s1. The van der Waals surface area contributed by atoms with E-state index in [1.807, 2.05) is 0 Å². The van der Waals surface area contributed by atoms with Crippen LogP contribution in [0.2, 0.25) is 0 Å². The van der Waals surface area contributed by atoms with Gasteiger partial charge in [0.25, 0.3) is 0 Å². The Bertz CT molecular complexity index is 477. The third kappa shape index (κ3) is 2.35. The SMILES string of the molecule is CCS(=O)(=O)[C@](C)(Br)C(=O)c1ccccc1. The van der Waals surface area contributed by atoms with E-state index in [4.69, 9.17) is 0 Å². The van der Waals surface area contributed by atoms with Gasteiger partial charge in [0.2, 0.25) is 0 Å². The summed E-state index contributed by atoms with van der Waals surface area (Å²) in [5, 5.41) is 0. The molecule has 0 N–H and O–H groups in total. The number of carbonyl (C=O) groups is 1. The normalized spacial score (nSPS) is 15.4. The molecule has 1 rings (SSSR count). The predicted octanol–water partition coefficient (Wildman–Crippen LogP) is 2.42. The van der Waals surface area contributed by atoms with Gasteiger partial charge >= 0.3 is 0 Å². The summed E-state index contributed by atoms with van der Waals surface area (Å²) in [4.78, 5) is 12.0. The number of sulfone groups is 1. The number of halogens is 1. The van der Waals surface area contributed by atoms with E-state index in [1.54, 1.807) is 30.3 Å². The largest absolute Gasteiger partial charge is 0.291 e. The number of hydrogen-bond donors (Lipinski definition) is 0. The van der Waals surface area contributed by atoms with Crippen LogP contribution in [0.25, 0.3) is 0 Å². The Morgan fingerprint density at radius 3 is 2.25 bits per heavy atom. The zero-order chi connectivity index (χ0) is 12.4. The molecule has 1 atom stereocenters. The first kappa shape index (κ1) is 13.4. The number of ketones is 1. The van der Waals surface area contributed by atoms with Crippen molar-refractivity contribution in [1.29, 1.82) is 0 Å². The Morgan fingerprint density at radius 2 is 1.81 bits per heavy atom. The van der Waals surface area contributed by atoms with Crippen LogP contribution in [-0.4, -0.2) is 23.6 Å². The molecule has 3 nitrogen and oxygen atoms in total. The number of rotatable bonds is 4. The van der Waals surface area contributed by atoms with Gasteiger partial charge in [-0.25, -0.2) is 8.42 Å². The number of alkyl halides is 1. The molecule has 0 aliphatic rings. The summed E-state index contributed by atoms with van der Waals surface area (Å²) in [7, 11) is -3.48. The second kappa shape index (κ2) is 4.67. The van der Waals surface area contributed by atoms with Gasteiger partial charge in [-0.3, -0.25) is 4.79 Å². The minimum absolute atomic E-state index is 0.0761.